The Hall–Kier alpha value is -0.733. The summed E-state index contributed by atoms with van der Waals surface area (Å²) in [5.74, 6) is 0.307. The summed E-state index contributed by atoms with van der Waals surface area (Å²) < 4.78 is 25.7. The minimum atomic E-state index is -1.87. The van der Waals surface area contributed by atoms with E-state index < -0.39 is 14.3 Å². The average molecular weight is 511 g/mol. The molecule has 1 aliphatic carbocycles. The minimum absolute atomic E-state index is 0.0997. The maximum absolute atomic E-state index is 11.5. The summed E-state index contributed by atoms with van der Waals surface area (Å²) in [6, 6.07) is 0. The fourth-order valence-electron chi connectivity index (χ4n) is 5.48. The lowest BCUT2D eigenvalue weighted by molar-refractivity contribution is -0.198. The van der Waals surface area contributed by atoms with E-state index in [1.54, 1.807) is 0 Å². The SMILES string of the molecule is CCCC(=CC[C@H]1CC[C@@H]2[C@@H](CO[Si](C)(C)C(C)(C)C)[C@H](OC3CCCCO3)C[C@@H]2OC1)C(=O)O. The van der Waals surface area contributed by atoms with Crippen LogP contribution in [0, 0.1) is 17.8 Å². The number of carbonyl (C=O) groups is 1. The molecule has 1 saturated carbocycles. The normalized spacial score (nSPS) is 32.8. The molecule has 7 heteroatoms. The standard InChI is InChI=1S/C28H50O6Si/c1-7-10-21(27(29)30)14-12-20-13-15-22-23(19-33-35(5,6)28(2,3)4)25(17-24(22)32-18-20)34-26-11-8-9-16-31-26/h14,20,22-26H,7-13,15-19H2,1-6H3,(H,29,30)/t20-,22+,23+,24-,25+,26?/m0/s1. The Kier molecular flexibility index (Phi) is 10.4. The molecule has 6 atom stereocenters. The van der Waals surface area contributed by atoms with Crippen LogP contribution < -0.4 is 0 Å². The fraction of sp³-hybridized carbons (Fsp3) is 0.893. The molecule has 2 heterocycles. The summed E-state index contributed by atoms with van der Waals surface area (Å²) >= 11 is 0. The quantitative estimate of drug-likeness (QED) is 0.265. The number of hydrogen-bond donors (Lipinski definition) is 1. The molecule has 0 aromatic heterocycles. The van der Waals surface area contributed by atoms with Gasteiger partial charge in [-0.05, 0) is 74.9 Å². The number of allylic oxidation sites excluding steroid dienone is 1. The van der Waals surface area contributed by atoms with Crippen molar-refractivity contribution >= 4 is 14.3 Å². The van der Waals surface area contributed by atoms with Gasteiger partial charge in [-0.2, -0.15) is 0 Å². The van der Waals surface area contributed by atoms with E-state index in [0.717, 1.165) is 64.6 Å². The Morgan fingerprint density at radius 3 is 2.54 bits per heavy atom. The summed E-state index contributed by atoms with van der Waals surface area (Å²) in [4.78, 5) is 11.5. The first-order chi connectivity index (χ1) is 16.5. The highest BCUT2D eigenvalue weighted by Gasteiger charge is 2.48. The summed E-state index contributed by atoms with van der Waals surface area (Å²) in [6.07, 6.45) is 10.7. The molecule has 1 N–H and O–H groups in total. The number of carboxylic acid groups (broad SMARTS) is 1. The molecule has 0 aromatic rings. The molecule has 1 unspecified atom stereocenters. The summed E-state index contributed by atoms with van der Waals surface area (Å²) in [6.45, 7) is 15.7. The second-order valence-electron chi connectivity index (χ2n) is 12.4. The van der Waals surface area contributed by atoms with E-state index in [2.05, 4.69) is 33.9 Å². The molecular weight excluding hydrogens is 460 g/mol. The Labute approximate surface area is 214 Å². The molecule has 3 rings (SSSR count). The van der Waals surface area contributed by atoms with E-state index in [4.69, 9.17) is 18.6 Å². The predicted octanol–water partition coefficient (Wildman–Crippen LogP) is 6.55. The minimum Gasteiger partial charge on any atom is -0.478 e. The van der Waals surface area contributed by atoms with Crippen LogP contribution in [0.25, 0.3) is 0 Å². The van der Waals surface area contributed by atoms with Gasteiger partial charge >= 0.3 is 5.97 Å². The third-order valence-electron chi connectivity index (χ3n) is 8.82. The molecular formula is C28H50O6Si. The van der Waals surface area contributed by atoms with Crippen molar-refractivity contribution in [2.45, 2.75) is 122 Å². The van der Waals surface area contributed by atoms with Gasteiger partial charge in [0.05, 0.1) is 18.8 Å². The van der Waals surface area contributed by atoms with Gasteiger partial charge in [0.1, 0.15) is 0 Å². The average Bonchev–Trinajstić information content (AvgIpc) is 2.98. The van der Waals surface area contributed by atoms with E-state index in [9.17, 15) is 9.90 Å². The number of carboxylic acids is 1. The molecule has 35 heavy (non-hydrogen) atoms. The van der Waals surface area contributed by atoms with Crippen molar-refractivity contribution in [2.24, 2.45) is 17.8 Å². The second-order valence-corrected chi connectivity index (χ2v) is 17.3. The highest BCUT2D eigenvalue weighted by Crippen LogP contribution is 2.45. The molecule has 2 aliphatic heterocycles. The maximum Gasteiger partial charge on any atom is 0.331 e. The van der Waals surface area contributed by atoms with E-state index in [0.29, 0.717) is 36.4 Å². The Balaban J connectivity index is 1.67. The van der Waals surface area contributed by atoms with Crippen LogP contribution in [0.2, 0.25) is 18.1 Å². The van der Waals surface area contributed by atoms with Crippen LogP contribution in [-0.4, -0.2) is 57.7 Å². The molecule has 0 aromatic carbocycles. The molecule has 3 aliphatic rings. The molecule has 0 amide bonds. The van der Waals surface area contributed by atoms with Crippen LogP contribution in [0.4, 0.5) is 0 Å². The number of ether oxygens (including phenoxy) is 3. The highest BCUT2D eigenvalue weighted by molar-refractivity contribution is 6.74. The van der Waals surface area contributed by atoms with E-state index >= 15 is 0 Å². The van der Waals surface area contributed by atoms with Crippen LogP contribution in [0.1, 0.15) is 85.5 Å². The van der Waals surface area contributed by atoms with Crippen LogP contribution in [0.15, 0.2) is 11.6 Å². The third kappa shape index (κ3) is 7.87. The lowest BCUT2D eigenvalue weighted by atomic mass is 9.87. The number of aliphatic carboxylic acids is 1. The van der Waals surface area contributed by atoms with Crippen LogP contribution in [0.5, 0.6) is 0 Å². The molecule has 0 radical (unpaired) electrons. The first kappa shape index (κ1) is 28.8. The molecule has 3 fully saturated rings. The lowest BCUT2D eigenvalue weighted by Gasteiger charge is -2.38. The first-order valence-electron chi connectivity index (χ1n) is 14.0. The summed E-state index contributed by atoms with van der Waals surface area (Å²) in [7, 11) is -1.87. The van der Waals surface area contributed by atoms with E-state index in [1.807, 2.05) is 13.0 Å². The van der Waals surface area contributed by atoms with E-state index in [-0.39, 0.29) is 23.5 Å². The Morgan fingerprint density at radius 2 is 1.91 bits per heavy atom. The van der Waals surface area contributed by atoms with Crippen molar-refractivity contribution in [3.8, 4) is 0 Å². The third-order valence-corrected chi connectivity index (χ3v) is 13.3. The summed E-state index contributed by atoms with van der Waals surface area (Å²) in [5.41, 5.74) is 0.540. The monoisotopic (exact) mass is 510 g/mol. The maximum atomic E-state index is 11.5. The molecule has 0 spiro atoms. The van der Waals surface area contributed by atoms with Crippen LogP contribution >= 0.6 is 0 Å². The van der Waals surface area contributed by atoms with Gasteiger partial charge in [0.2, 0.25) is 0 Å². The molecule has 2 saturated heterocycles. The zero-order valence-corrected chi connectivity index (χ0v) is 24.0. The van der Waals surface area contributed by atoms with Gasteiger partial charge in [0, 0.05) is 31.1 Å². The van der Waals surface area contributed by atoms with Gasteiger partial charge in [0.25, 0.3) is 0 Å². The number of hydrogen-bond acceptors (Lipinski definition) is 5. The zero-order chi connectivity index (χ0) is 25.6. The van der Waals surface area contributed by atoms with Gasteiger partial charge in [-0.15, -0.1) is 0 Å². The van der Waals surface area contributed by atoms with Crippen molar-refractivity contribution in [2.75, 3.05) is 19.8 Å². The predicted molar refractivity (Wildman–Crippen MR) is 141 cm³/mol. The van der Waals surface area contributed by atoms with Crippen molar-refractivity contribution < 1.29 is 28.5 Å². The van der Waals surface area contributed by atoms with Crippen LogP contribution in [0.3, 0.4) is 0 Å². The first-order valence-corrected chi connectivity index (χ1v) is 16.9. The van der Waals surface area contributed by atoms with Crippen molar-refractivity contribution in [1.82, 2.24) is 0 Å². The second kappa shape index (κ2) is 12.7. The van der Waals surface area contributed by atoms with Crippen molar-refractivity contribution in [3.05, 3.63) is 11.6 Å². The van der Waals surface area contributed by atoms with Gasteiger partial charge in [-0.1, -0.05) is 40.2 Å². The largest absolute Gasteiger partial charge is 0.478 e. The van der Waals surface area contributed by atoms with E-state index in [1.165, 1.54) is 0 Å². The molecule has 6 nitrogen and oxygen atoms in total. The molecule has 202 valence electrons. The topological polar surface area (TPSA) is 74.2 Å². The van der Waals surface area contributed by atoms with Crippen LogP contribution in [-0.2, 0) is 23.4 Å². The summed E-state index contributed by atoms with van der Waals surface area (Å²) in [5, 5.41) is 9.64. The molecule has 0 bridgehead atoms. The van der Waals surface area contributed by atoms with Crippen molar-refractivity contribution in [3.63, 3.8) is 0 Å². The van der Waals surface area contributed by atoms with Gasteiger partial charge in [-0.25, -0.2) is 4.79 Å². The number of rotatable bonds is 10. The fourth-order valence-corrected chi connectivity index (χ4v) is 6.52. The zero-order valence-electron chi connectivity index (χ0n) is 23.0. The lowest BCUT2D eigenvalue weighted by Crippen LogP contribution is -2.44. The van der Waals surface area contributed by atoms with Crippen molar-refractivity contribution in [1.29, 1.82) is 0 Å². The van der Waals surface area contributed by atoms with Gasteiger partial charge < -0.3 is 23.7 Å². The van der Waals surface area contributed by atoms with Gasteiger partial charge in [-0.3, -0.25) is 0 Å². The smallest absolute Gasteiger partial charge is 0.331 e. The Morgan fingerprint density at radius 1 is 1.14 bits per heavy atom. The van der Waals surface area contributed by atoms with Gasteiger partial charge in [0.15, 0.2) is 14.6 Å². The number of fused-ring (bicyclic) bond motifs is 1. The highest BCUT2D eigenvalue weighted by atomic mass is 28.4. The Bertz CT molecular complexity index is 709.